The number of aryl methyl sites for hydroxylation is 1. The van der Waals surface area contributed by atoms with Crippen molar-refractivity contribution >= 4 is 39.1 Å². The maximum absolute atomic E-state index is 14.0. The lowest BCUT2D eigenvalue weighted by atomic mass is 9.95. The van der Waals surface area contributed by atoms with E-state index in [1.807, 2.05) is 6.92 Å². The zero-order chi connectivity index (χ0) is 29.6. The molecule has 1 aliphatic carbocycles. The fourth-order valence-corrected chi connectivity index (χ4v) is 6.45. The lowest BCUT2D eigenvalue weighted by Gasteiger charge is -2.33. The van der Waals surface area contributed by atoms with Gasteiger partial charge in [0, 0.05) is 17.6 Å². The summed E-state index contributed by atoms with van der Waals surface area (Å²) in [5.41, 5.74) is 1.74. The van der Waals surface area contributed by atoms with Crippen molar-refractivity contribution in [2.75, 3.05) is 10.8 Å². The molecule has 3 aromatic carbocycles. The van der Waals surface area contributed by atoms with E-state index in [0.717, 1.165) is 59.7 Å². The second-order valence-electron chi connectivity index (χ2n) is 10.5. The van der Waals surface area contributed by atoms with Gasteiger partial charge in [-0.2, -0.15) is 0 Å². The third-order valence-corrected chi connectivity index (χ3v) is 9.43. The van der Waals surface area contributed by atoms with Gasteiger partial charge in [0.05, 0.1) is 10.6 Å². The first-order valence-electron chi connectivity index (χ1n) is 13.7. The minimum Gasteiger partial charge on any atom is -0.352 e. The van der Waals surface area contributed by atoms with E-state index in [1.54, 1.807) is 43.3 Å². The number of carbonyl (C=O) groups excluding carboxylic acids is 2. The predicted octanol–water partition coefficient (Wildman–Crippen LogP) is 5.85. The Kier molecular flexibility index (Phi) is 10.0. The molecular formula is C31H35ClFN3O4S. The molecule has 1 aliphatic rings. The molecule has 41 heavy (non-hydrogen) atoms. The second-order valence-corrected chi connectivity index (χ2v) is 12.8. The van der Waals surface area contributed by atoms with Gasteiger partial charge in [0.25, 0.3) is 10.0 Å². The van der Waals surface area contributed by atoms with Crippen LogP contribution in [0.1, 0.15) is 50.2 Å². The van der Waals surface area contributed by atoms with Crippen LogP contribution in [-0.4, -0.2) is 43.8 Å². The van der Waals surface area contributed by atoms with Crippen LogP contribution >= 0.6 is 11.6 Å². The first-order chi connectivity index (χ1) is 19.5. The number of carbonyl (C=O) groups is 2. The number of rotatable bonds is 10. The first kappa shape index (κ1) is 30.5. The Hall–Kier alpha value is -3.43. The Labute approximate surface area is 246 Å². The van der Waals surface area contributed by atoms with Crippen LogP contribution in [0.25, 0.3) is 0 Å². The molecule has 0 spiro atoms. The molecule has 7 nitrogen and oxygen atoms in total. The van der Waals surface area contributed by atoms with E-state index in [4.69, 9.17) is 11.6 Å². The average molecular weight is 600 g/mol. The van der Waals surface area contributed by atoms with Gasteiger partial charge in [0.1, 0.15) is 18.4 Å². The maximum Gasteiger partial charge on any atom is 0.264 e. The fourth-order valence-electron chi connectivity index (χ4n) is 4.91. The average Bonchev–Trinajstić information content (AvgIpc) is 2.96. The second kappa shape index (κ2) is 13.5. The Morgan fingerprint density at radius 1 is 0.951 bits per heavy atom. The maximum atomic E-state index is 14.0. The number of benzene rings is 3. The predicted molar refractivity (Wildman–Crippen MR) is 159 cm³/mol. The van der Waals surface area contributed by atoms with Crippen LogP contribution in [0.15, 0.2) is 77.7 Å². The van der Waals surface area contributed by atoms with E-state index < -0.39 is 34.3 Å². The topological polar surface area (TPSA) is 86.8 Å². The third kappa shape index (κ3) is 7.86. The summed E-state index contributed by atoms with van der Waals surface area (Å²) in [5.74, 6) is -1.41. The molecule has 1 atom stereocenters. The van der Waals surface area contributed by atoms with Gasteiger partial charge in [-0.3, -0.25) is 13.9 Å². The molecule has 218 valence electrons. The van der Waals surface area contributed by atoms with Gasteiger partial charge in [-0.25, -0.2) is 12.8 Å². The number of hydrogen-bond donors (Lipinski definition) is 1. The van der Waals surface area contributed by atoms with E-state index in [-0.39, 0.29) is 29.1 Å². The molecule has 1 fully saturated rings. The number of nitrogens with one attached hydrogen (secondary N) is 1. The van der Waals surface area contributed by atoms with Crippen molar-refractivity contribution in [3.05, 3.63) is 94.8 Å². The normalized spacial score (nSPS) is 14.7. The Balaban J connectivity index is 1.66. The van der Waals surface area contributed by atoms with Crippen LogP contribution in [0.5, 0.6) is 0 Å². The fraction of sp³-hybridized carbons (Fsp3) is 0.355. The highest BCUT2D eigenvalue weighted by molar-refractivity contribution is 7.92. The highest BCUT2D eigenvalue weighted by Crippen LogP contribution is 2.26. The highest BCUT2D eigenvalue weighted by Gasteiger charge is 2.33. The highest BCUT2D eigenvalue weighted by atomic mass is 35.5. The zero-order valence-electron chi connectivity index (χ0n) is 23.2. The van der Waals surface area contributed by atoms with Crippen molar-refractivity contribution < 1.29 is 22.4 Å². The summed E-state index contributed by atoms with van der Waals surface area (Å²) in [7, 11) is -4.21. The van der Waals surface area contributed by atoms with Crippen LogP contribution in [0.2, 0.25) is 5.02 Å². The molecule has 0 aliphatic heterocycles. The molecule has 0 radical (unpaired) electrons. The summed E-state index contributed by atoms with van der Waals surface area (Å²) < 4.78 is 42.4. The monoisotopic (exact) mass is 599 g/mol. The number of sulfonamides is 1. The molecule has 0 saturated heterocycles. The van der Waals surface area contributed by atoms with Gasteiger partial charge in [-0.1, -0.05) is 60.7 Å². The molecule has 4 rings (SSSR count). The smallest absolute Gasteiger partial charge is 0.264 e. The van der Waals surface area contributed by atoms with Crippen LogP contribution in [0.3, 0.4) is 0 Å². The van der Waals surface area contributed by atoms with E-state index in [9.17, 15) is 22.4 Å². The Morgan fingerprint density at radius 3 is 2.17 bits per heavy atom. The summed E-state index contributed by atoms with van der Waals surface area (Å²) in [6, 6.07) is 17.3. The number of nitrogens with zero attached hydrogens (tertiary/aromatic N) is 2. The number of anilines is 1. The van der Waals surface area contributed by atoms with E-state index in [0.29, 0.717) is 5.02 Å². The van der Waals surface area contributed by atoms with Gasteiger partial charge in [-0.15, -0.1) is 0 Å². The van der Waals surface area contributed by atoms with Gasteiger partial charge in [0.15, 0.2) is 0 Å². The van der Waals surface area contributed by atoms with Crippen LogP contribution in [0.4, 0.5) is 10.1 Å². The quantitative estimate of drug-likeness (QED) is 0.317. The molecule has 10 heteroatoms. The number of halogens is 2. The molecule has 2 amide bonds. The largest absolute Gasteiger partial charge is 0.352 e. The number of hydrogen-bond acceptors (Lipinski definition) is 4. The van der Waals surface area contributed by atoms with Gasteiger partial charge < -0.3 is 10.2 Å². The summed E-state index contributed by atoms with van der Waals surface area (Å²) in [4.78, 5) is 28.7. The van der Waals surface area contributed by atoms with Crippen LogP contribution < -0.4 is 9.62 Å². The van der Waals surface area contributed by atoms with Crippen LogP contribution in [0, 0.1) is 12.7 Å². The molecule has 1 unspecified atom stereocenters. The number of amides is 2. The zero-order valence-corrected chi connectivity index (χ0v) is 24.8. The van der Waals surface area contributed by atoms with Crippen molar-refractivity contribution in [3.63, 3.8) is 0 Å². The third-order valence-electron chi connectivity index (χ3n) is 7.39. The minimum atomic E-state index is -4.21. The summed E-state index contributed by atoms with van der Waals surface area (Å²) in [6.07, 6.45) is 4.98. The van der Waals surface area contributed by atoms with Crippen LogP contribution in [-0.2, 0) is 26.2 Å². The van der Waals surface area contributed by atoms with Crippen molar-refractivity contribution in [1.82, 2.24) is 10.2 Å². The van der Waals surface area contributed by atoms with E-state index >= 15 is 0 Å². The van der Waals surface area contributed by atoms with Crippen molar-refractivity contribution in [2.45, 2.75) is 69.5 Å². The van der Waals surface area contributed by atoms with Gasteiger partial charge in [0.2, 0.25) is 11.8 Å². The summed E-state index contributed by atoms with van der Waals surface area (Å²) in [6.45, 7) is 2.96. The summed E-state index contributed by atoms with van der Waals surface area (Å²) >= 11 is 6.05. The summed E-state index contributed by atoms with van der Waals surface area (Å²) in [5, 5.41) is 3.60. The molecule has 0 bridgehead atoms. The van der Waals surface area contributed by atoms with Gasteiger partial charge >= 0.3 is 0 Å². The lowest BCUT2D eigenvalue weighted by Crippen LogP contribution is -2.53. The molecular weight excluding hydrogens is 565 g/mol. The minimum absolute atomic E-state index is 0.00688. The van der Waals surface area contributed by atoms with Crippen molar-refractivity contribution in [2.24, 2.45) is 0 Å². The lowest BCUT2D eigenvalue weighted by molar-refractivity contribution is -0.139. The van der Waals surface area contributed by atoms with E-state index in [1.165, 1.54) is 29.2 Å². The molecule has 0 aromatic heterocycles. The Bertz CT molecular complexity index is 1440. The standard InChI is InChI=1S/C31H35ClFN3O4S/c1-22-8-18-29(19-9-22)41(39,40)36(28-16-14-26(33)15-17-28)21-30(37)35(20-24-10-12-25(32)13-11-24)23(2)31(38)34-27-6-4-3-5-7-27/h8-19,23,27H,3-7,20-21H2,1-2H3,(H,34,38). The van der Waals surface area contributed by atoms with Crippen molar-refractivity contribution in [3.8, 4) is 0 Å². The Morgan fingerprint density at radius 2 is 1.56 bits per heavy atom. The molecule has 0 heterocycles. The SMILES string of the molecule is Cc1ccc(S(=O)(=O)N(CC(=O)N(Cc2ccc(Cl)cc2)C(C)C(=O)NC2CCCCC2)c2ccc(F)cc2)cc1. The molecule has 3 aromatic rings. The molecule has 1 N–H and O–H groups in total. The van der Waals surface area contributed by atoms with Crippen molar-refractivity contribution in [1.29, 1.82) is 0 Å². The van der Waals surface area contributed by atoms with E-state index in [2.05, 4.69) is 5.32 Å². The first-order valence-corrected chi connectivity index (χ1v) is 15.6. The molecule has 1 saturated carbocycles. The van der Waals surface area contributed by atoms with Gasteiger partial charge in [-0.05, 0) is 80.8 Å².